The number of hydrogen-bond donors (Lipinski definition) is 2. The average molecular weight is 448 g/mol. The van der Waals surface area contributed by atoms with Gasteiger partial charge >= 0.3 is 0 Å². The molecule has 0 unspecified atom stereocenters. The highest BCUT2D eigenvalue weighted by molar-refractivity contribution is 6.29. The number of aliphatic hydroxyl groups excluding tert-OH is 1. The molecule has 4 aromatic rings. The Balaban J connectivity index is 1.51. The lowest BCUT2D eigenvalue weighted by Gasteiger charge is -2.08. The molecule has 32 heavy (non-hydrogen) atoms. The van der Waals surface area contributed by atoms with Crippen LogP contribution in [0.1, 0.15) is 11.3 Å². The summed E-state index contributed by atoms with van der Waals surface area (Å²) in [6, 6.07) is 26.6. The molecule has 0 bridgehead atoms. The molecule has 4 rings (SSSR count). The number of rotatable bonds is 8. The smallest absolute Gasteiger partial charge is 0.239 e. The van der Waals surface area contributed by atoms with Crippen molar-refractivity contribution in [3.63, 3.8) is 0 Å². The number of benzene rings is 3. The molecule has 0 saturated carbocycles. The molecular weight excluding hydrogens is 426 g/mol. The van der Waals surface area contributed by atoms with E-state index in [0.717, 1.165) is 28.3 Å². The minimum absolute atomic E-state index is 0.101. The van der Waals surface area contributed by atoms with Crippen LogP contribution in [0.5, 0.6) is 11.5 Å². The van der Waals surface area contributed by atoms with E-state index < -0.39 is 0 Å². The highest BCUT2D eigenvalue weighted by atomic mass is 35.5. The van der Waals surface area contributed by atoms with Crippen molar-refractivity contribution in [1.29, 1.82) is 0 Å². The molecule has 0 atom stereocenters. The Hall–Kier alpha value is -3.61. The second kappa shape index (κ2) is 10.1. The predicted octanol–water partition coefficient (Wildman–Crippen LogP) is 5.06. The minimum atomic E-state index is -0.263. The predicted molar refractivity (Wildman–Crippen MR) is 125 cm³/mol. The summed E-state index contributed by atoms with van der Waals surface area (Å²) in [5, 5.41) is 17.2. The van der Waals surface area contributed by atoms with Crippen molar-refractivity contribution < 1.29 is 14.6 Å². The van der Waals surface area contributed by atoms with Crippen molar-refractivity contribution in [2.45, 2.75) is 13.2 Å². The van der Waals surface area contributed by atoms with Gasteiger partial charge in [0.15, 0.2) is 0 Å². The highest BCUT2D eigenvalue weighted by Crippen LogP contribution is 2.26. The fraction of sp³-hybridized carbons (Fsp3) is 0.120. The Morgan fingerprint density at radius 1 is 0.969 bits per heavy atom. The summed E-state index contributed by atoms with van der Waals surface area (Å²) in [5.74, 6) is 1.14. The van der Waals surface area contributed by atoms with Gasteiger partial charge in [-0.3, -0.25) is 9.48 Å². The van der Waals surface area contributed by atoms with E-state index in [1.165, 1.54) is 0 Å². The van der Waals surface area contributed by atoms with Gasteiger partial charge in [-0.1, -0.05) is 30.3 Å². The van der Waals surface area contributed by atoms with E-state index in [9.17, 15) is 9.90 Å². The lowest BCUT2D eigenvalue weighted by Crippen LogP contribution is -2.13. The van der Waals surface area contributed by atoms with E-state index in [2.05, 4.69) is 10.4 Å². The third-order valence-corrected chi connectivity index (χ3v) is 5.06. The molecular formula is C25H22ClN3O3. The van der Waals surface area contributed by atoms with Gasteiger partial charge in [0.05, 0.1) is 24.5 Å². The number of carbonyl (C=O) groups is 1. The van der Waals surface area contributed by atoms with Crippen LogP contribution in [0, 0.1) is 0 Å². The fourth-order valence-electron chi connectivity index (χ4n) is 3.29. The van der Waals surface area contributed by atoms with E-state index in [4.69, 9.17) is 16.3 Å². The van der Waals surface area contributed by atoms with Crippen LogP contribution in [0.4, 0.5) is 5.69 Å². The van der Waals surface area contributed by atoms with Crippen molar-refractivity contribution in [3.05, 3.63) is 96.2 Å². The largest absolute Gasteiger partial charge is 0.457 e. The number of halogens is 1. The molecule has 0 radical (unpaired) electrons. The SMILES string of the molecule is O=C(CCl)Nc1cccc(Cn2nc(-c3ccc(Oc4ccccc4)cc3)cc2CO)c1. The van der Waals surface area contributed by atoms with Crippen molar-refractivity contribution in [1.82, 2.24) is 9.78 Å². The number of carbonyl (C=O) groups excluding carboxylic acids is 1. The summed E-state index contributed by atoms with van der Waals surface area (Å²) in [6.07, 6.45) is 0. The van der Waals surface area contributed by atoms with Crippen LogP contribution in [-0.4, -0.2) is 26.7 Å². The van der Waals surface area contributed by atoms with Gasteiger partial charge < -0.3 is 15.2 Å². The average Bonchev–Trinajstić information content (AvgIpc) is 3.23. The number of alkyl halides is 1. The molecule has 7 heteroatoms. The zero-order chi connectivity index (χ0) is 22.3. The van der Waals surface area contributed by atoms with E-state index in [-0.39, 0.29) is 18.4 Å². The first-order valence-electron chi connectivity index (χ1n) is 10.1. The van der Waals surface area contributed by atoms with Crippen molar-refractivity contribution in [2.75, 3.05) is 11.2 Å². The third kappa shape index (κ3) is 5.35. The first kappa shape index (κ1) is 21.6. The zero-order valence-electron chi connectivity index (χ0n) is 17.2. The molecule has 1 aromatic heterocycles. The fourth-order valence-corrected chi connectivity index (χ4v) is 3.36. The number of nitrogens with zero attached hydrogens (tertiary/aromatic N) is 2. The molecule has 0 aliphatic heterocycles. The maximum absolute atomic E-state index is 11.5. The van der Waals surface area contributed by atoms with Crippen LogP contribution >= 0.6 is 11.6 Å². The van der Waals surface area contributed by atoms with Gasteiger partial charge in [0.2, 0.25) is 5.91 Å². The summed E-state index contributed by atoms with van der Waals surface area (Å²) >= 11 is 5.56. The summed E-state index contributed by atoms with van der Waals surface area (Å²) in [6.45, 7) is 0.320. The lowest BCUT2D eigenvalue weighted by atomic mass is 10.1. The number of nitrogens with one attached hydrogen (secondary N) is 1. The van der Waals surface area contributed by atoms with Gasteiger partial charge in [-0.15, -0.1) is 11.6 Å². The van der Waals surface area contributed by atoms with Crippen LogP contribution < -0.4 is 10.1 Å². The first-order chi connectivity index (χ1) is 15.6. The summed E-state index contributed by atoms with van der Waals surface area (Å²) < 4.78 is 7.60. The molecule has 1 amide bonds. The molecule has 162 valence electrons. The van der Waals surface area contributed by atoms with Crippen LogP contribution in [0.25, 0.3) is 11.3 Å². The summed E-state index contributed by atoms with van der Waals surface area (Å²) in [4.78, 5) is 11.5. The number of anilines is 1. The molecule has 6 nitrogen and oxygen atoms in total. The number of aliphatic hydroxyl groups is 1. The molecule has 0 aliphatic rings. The van der Waals surface area contributed by atoms with Crippen molar-refractivity contribution >= 4 is 23.2 Å². The van der Waals surface area contributed by atoms with Crippen molar-refractivity contribution in [2.24, 2.45) is 0 Å². The summed E-state index contributed by atoms with van der Waals surface area (Å²) in [7, 11) is 0. The molecule has 3 aromatic carbocycles. The van der Waals surface area contributed by atoms with Gasteiger partial charge in [-0.25, -0.2) is 0 Å². The molecule has 2 N–H and O–H groups in total. The molecule has 0 fully saturated rings. The number of aromatic nitrogens is 2. The van der Waals surface area contributed by atoms with Gasteiger partial charge in [-0.05, 0) is 60.2 Å². The Kier molecular flexibility index (Phi) is 6.84. The van der Waals surface area contributed by atoms with Gasteiger partial charge in [-0.2, -0.15) is 5.10 Å². The van der Waals surface area contributed by atoms with Crippen molar-refractivity contribution in [3.8, 4) is 22.8 Å². The molecule has 0 saturated heterocycles. The highest BCUT2D eigenvalue weighted by Gasteiger charge is 2.11. The quantitative estimate of drug-likeness (QED) is 0.370. The maximum Gasteiger partial charge on any atom is 0.239 e. The zero-order valence-corrected chi connectivity index (χ0v) is 18.0. The van der Waals surface area contributed by atoms with E-state index in [0.29, 0.717) is 17.9 Å². The van der Waals surface area contributed by atoms with E-state index >= 15 is 0 Å². The van der Waals surface area contributed by atoms with E-state index in [1.807, 2.05) is 78.9 Å². The Morgan fingerprint density at radius 3 is 2.44 bits per heavy atom. The standard InChI is InChI=1S/C25H22ClN3O3/c26-15-25(31)27-20-6-4-5-18(13-20)16-29-21(17-30)14-24(28-29)19-9-11-23(12-10-19)32-22-7-2-1-3-8-22/h1-14,30H,15-17H2,(H,27,31). The Morgan fingerprint density at radius 2 is 1.72 bits per heavy atom. The number of amides is 1. The summed E-state index contributed by atoms with van der Waals surface area (Å²) in [5.41, 5.74) is 3.97. The lowest BCUT2D eigenvalue weighted by molar-refractivity contribution is -0.113. The van der Waals surface area contributed by atoms with Crippen LogP contribution in [-0.2, 0) is 17.9 Å². The number of hydrogen-bond acceptors (Lipinski definition) is 4. The number of para-hydroxylation sites is 1. The van der Waals surface area contributed by atoms with Gasteiger partial charge in [0, 0.05) is 11.3 Å². The van der Waals surface area contributed by atoms with Gasteiger partial charge in [0.1, 0.15) is 17.4 Å². The Labute approximate surface area is 191 Å². The third-order valence-electron chi connectivity index (χ3n) is 4.82. The monoisotopic (exact) mass is 447 g/mol. The van der Waals surface area contributed by atoms with Gasteiger partial charge in [0.25, 0.3) is 0 Å². The second-order valence-electron chi connectivity index (χ2n) is 7.16. The van der Waals surface area contributed by atoms with Crippen LogP contribution in [0.2, 0.25) is 0 Å². The number of ether oxygens (including phenoxy) is 1. The normalized spacial score (nSPS) is 10.7. The molecule has 1 heterocycles. The second-order valence-corrected chi connectivity index (χ2v) is 7.43. The topological polar surface area (TPSA) is 76.4 Å². The maximum atomic E-state index is 11.5. The molecule has 0 spiro atoms. The molecule has 0 aliphatic carbocycles. The Bertz CT molecular complexity index is 1190. The first-order valence-corrected chi connectivity index (χ1v) is 10.6. The minimum Gasteiger partial charge on any atom is -0.457 e. The van der Waals surface area contributed by atoms with Crippen LogP contribution in [0.3, 0.4) is 0 Å². The van der Waals surface area contributed by atoms with E-state index in [1.54, 1.807) is 10.7 Å². The van der Waals surface area contributed by atoms with Crippen LogP contribution in [0.15, 0.2) is 84.9 Å².